The quantitative estimate of drug-likeness (QED) is 0.849. The third kappa shape index (κ3) is 1.99. The average molecular weight is 232 g/mol. The number of rotatable bonds is 3. The number of benzene rings is 1. The van der Waals surface area contributed by atoms with Crippen molar-refractivity contribution in [2.75, 3.05) is 7.11 Å². The maximum Gasteiger partial charge on any atom is 0.357 e. The van der Waals surface area contributed by atoms with Crippen LogP contribution in [0.2, 0.25) is 0 Å². The molecule has 1 heterocycles. The first-order chi connectivity index (χ1) is 8.13. The topological polar surface area (TPSA) is 75.2 Å². The predicted molar refractivity (Wildman–Crippen MR) is 62.3 cm³/mol. The number of ether oxygens (including phenoxy) is 1. The molecule has 0 fully saturated rings. The van der Waals surface area contributed by atoms with E-state index < -0.39 is 5.97 Å². The number of hydrogen-bond acceptors (Lipinski definition) is 3. The number of aromatic nitrogens is 2. The predicted octanol–water partition coefficient (Wildman–Crippen LogP) is 2.09. The second-order valence-corrected chi connectivity index (χ2v) is 3.61. The van der Waals surface area contributed by atoms with Crippen LogP contribution in [-0.2, 0) is 0 Å². The molecule has 0 saturated carbocycles. The SMILES string of the molecule is COc1ccc(-c2c(C(=O)O)n[nH]c2C)cc1. The number of methoxy groups -OCH3 is 1. The lowest BCUT2D eigenvalue weighted by Gasteiger charge is -2.03. The zero-order valence-corrected chi connectivity index (χ0v) is 9.52. The number of H-pyrrole nitrogens is 1. The summed E-state index contributed by atoms with van der Waals surface area (Å²) in [5.41, 5.74) is 2.18. The van der Waals surface area contributed by atoms with E-state index in [4.69, 9.17) is 9.84 Å². The molecule has 5 heteroatoms. The smallest absolute Gasteiger partial charge is 0.357 e. The fraction of sp³-hybridized carbons (Fsp3) is 0.167. The van der Waals surface area contributed by atoms with Gasteiger partial charge in [0.15, 0.2) is 5.69 Å². The van der Waals surface area contributed by atoms with E-state index in [-0.39, 0.29) is 5.69 Å². The highest BCUT2D eigenvalue weighted by Gasteiger charge is 2.17. The Morgan fingerprint density at radius 3 is 2.53 bits per heavy atom. The highest BCUT2D eigenvalue weighted by atomic mass is 16.5. The lowest BCUT2D eigenvalue weighted by molar-refractivity contribution is 0.0691. The highest BCUT2D eigenvalue weighted by molar-refractivity contribution is 5.94. The maximum atomic E-state index is 11.0. The van der Waals surface area contributed by atoms with Gasteiger partial charge in [0.05, 0.1) is 7.11 Å². The van der Waals surface area contributed by atoms with Crippen molar-refractivity contribution >= 4 is 5.97 Å². The minimum Gasteiger partial charge on any atom is -0.497 e. The van der Waals surface area contributed by atoms with E-state index in [2.05, 4.69) is 10.2 Å². The van der Waals surface area contributed by atoms with Gasteiger partial charge in [-0.1, -0.05) is 12.1 Å². The van der Waals surface area contributed by atoms with Gasteiger partial charge in [-0.15, -0.1) is 0 Å². The van der Waals surface area contributed by atoms with Crippen LogP contribution in [0, 0.1) is 6.92 Å². The lowest BCUT2D eigenvalue weighted by atomic mass is 10.0. The van der Waals surface area contributed by atoms with E-state index in [0.29, 0.717) is 5.56 Å². The van der Waals surface area contributed by atoms with Gasteiger partial charge in [-0.2, -0.15) is 5.10 Å². The van der Waals surface area contributed by atoms with Crippen molar-refractivity contribution < 1.29 is 14.6 Å². The molecule has 2 N–H and O–H groups in total. The van der Waals surface area contributed by atoms with E-state index in [1.165, 1.54) is 0 Å². The number of carboxylic acid groups (broad SMARTS) is 1. The normalized spacial score (nSPS) is 10.2. The summed E-state index contributed by atoms with van der Waals surface area (Å²) in [4.78, 5) is 11.0. The first-order valence-electron chi connectivity index (χ1n) is 5.06. The van der Waals surface area contributed by atoms with Crippen LogP contribution < -0.4 is 4.74 Å². The van der Waals surface area contributed by atoms with Gasteiger partial charge < -0.3 is 9.84 Å². The van der Waals surface area contributed by atoms with Gasteiger partial charge in [0.2, 0.25) is 0 Å². The second kappa shape index (κ2) is 4.29. The molecule has 5 nitrogen and oxygen atoms in total. The zero-order valence-electron chi connectivity index (χ0n) is 9.52. The number of aromatic carboxylic acids is 1. The number of hydrogen-bond donors (Lipinski definition) is 2. The number of carbonyl (C=O) groups is 1. The molecule has 17 heavy (non-hydrogen) atoms. The molecule has 1 aromatic carbocycles. The van der Waals surface area contributed by atoms with Gasteiger partial charge in [0.25, 0.3) is 0 Å². The summed E-state index contributed by atoms with van der Waals surface area (Å²) in [7, 11) is 1.58. The van der Waals surface area contributed by atoms with Crippen LogP contribution in [0.15, 0.2) is 24.3 Å². The number of carboxylic acids is 1. The third-order valence-electron chi connectivity index (χ3n) is 2.53. The van der Waals surface area contributed by atoms with Crippen LogP contribution in [0.4, 0.5) is 0 Å². The molecule has 0 aliphatic heterocycles. The lowest BCUT2D eigenvalue weighted by Crippen LogP contribution is -1.99. The molecule has 0 radical (unpaired) electrons. The summed E-state index contributed by atoms with van der Waals surface area (Å²) in [5, 5.41) is 15.5. The molecule has 0 saturated heterocycles. The first kappa shape index (κ1) is 11.2. The summed E-state index contributed by atoms with van der Waals surface area (Å²) in [5.74, 6) is -0.313. The van der Waals surface area contributed by atoms with Gasteiger partial charge in [-0.3, -0.25) is 5.10 Å². The molecule has 0 unspecified atom stereocenters. The molecule has 0 aliphatic carbocycles. The Bertz CT molecular complexity index is 543. The second-order valence-electron chi connectivity index (χ2n) is 3.61. The van der Waals surface area contributed by atoms with Gasteiger partial charge in [-0.25, -0.2) is 4.79 Å². The molecule has 0 aliphatic rings. The van der Waals surface area contributed by atoms with Crippen LogP contribution in [0.3, 0.4) is 0 Å². The molecule has 0 atom stereocenters. The Hall–Kier alpha value is -2.30. The van der Waals surface area contributed by atoms with E-state index >= 15 is 0 Å². The Labute approximate surface area is 98.0 Å². The van der Waals surface area contributed by atoms with Crippen LogP contribution in [0.5, 0.6) is 5.75 Å². The average Bonchev–Trinajstić information content (AvgIpc) is 2.71. The van der Waals surface area contributed by atoms with E-state index in [0.717, 1.165) is 17.0 Å². The van der Waals surface area contributed by atoms with Crippen molar-refractivity contribution in [1.82, 2.24) is 10.2 Å². The van der Waals surface area contributed by atoms with Crippen molar-refractivity contribution in [1.29, 1.82) is 0 Å². The summed E-state index contributed by atoms with van der Waals surface area (Å²) >= 11 is 0. The van der Waals surface area contributed by atoms with E-state index in [1.807, 2.05) is 12.1 Å². The summed E-state index contributed by atoms with van der Waals surface area (Å²) < 4.78 is 5.05. The molecule has 1 aromatic heterocycles. The third-order valence-corrected chi connectivity index (χ3v) is 2.53. The fourth-order valence-electron chi connectivity index (χ4n) is 1.69. The number of aromatic amines is 1. The van der Waals surface area contributed by atoms with Crippen LogP contribution in [0.1, 0.15) is 16.2 Å². The molecular formula is C12H12N2O3. The van der Waals surface area contributed by atoms with Gasteiger partial charge in [-0.05, 0) is 24.6 Å². The molecule has 2 aromatic rings. The Morgan fingerprint density at radius 2 is 2.00 bits per heavy atom. The molecule has 2 rings (SSSR count). The monoisotopic (exact) mass is 232 g/mol. The summed E-state index contributed by atoms with van der Waals surface area (Å²) in [6.45, 7) is 1.79. The number of nitrogens with one attached hydrogen (secondary N) is 1. The van der Waals surface area contributed by atoms with Crippen molar-refractivity contribution in [3.05, 3.63) is 35.7 Å². The number of aryl methyl sites for hydroxylation is 1. The van der Waals surface area contributed by atoms with Crippen molar-refractivity contribution in [2.24, 2.45) is 0 Å². The standard InChI is InChI=1S/C12H12N2O3/c1-7-10(11(12(15)16)14-13-7)8-3-5-9(17-2)6-4-8/h3-6H,1-2H3,(H,13,14)(H,15,16). The van der Waals surface area contributed by atoms with Gasteiger partial charge in [0, 0.05) is 11.3 Å². The Kier molecular flexibility index (Phi) is 2.82. The minimum absolute atomic E-state index is 0.0349. The maximum absolute atomic E-state index is 11.0. The Balaban J connectivity index is 2.51. The van der Waals surface area contributed by atoms with E-state index in [1.54, 1.807) is 26.2 Å². The van der Waals surface area contributed by atoms with Crippen molar-refractivity contribution in [2.45, 2.75) is 6.92 Å². The largest absolute Gasteiger partial charge is 0.497 e. The molecular weight excluding hydrogens is 220 g/mol. The fourth-order valence-corrected chi connectivity index (χ4v) is 1.69. The van der Waals surface area contributed by atoms with Crippen molar-refractivity contribution in [3.63, 3.8) is 0 Å². The zero-order chi connectivity index (χ0) is 12.4. The minimum atomic E-state index is -1.04. The molecule has 0 bridgehead atoms. The van der Waals surface area contributed by atoms with E-state index in [9.17, 15) is 4.79 Å². The van der Waals surface area contributed by atoms with Crippen LogP contribution >= 0.6 is 0 Å². The van der Waals surface area contributed by atoms with Crippen LogP contribution in [0.25, 0.3) is 11.1 Å². The molecule has 88 valence electrons. The molecule has 0 spiro atoms. The Morgan fingerprint density at radius 1 is 1.35 bits per heavy atom. The van der Waals surface area contributed by atoms with Crippen molar-refractivity contribution in [3.8, 4) is 16.9 Å². The van der Waals surface area contributed by atoms with Crippen LogP contribution in [-0.4, -0.2) is 28.4 Å². The van der Waals surface area contributed by atoms with Gasteiger partial charge in [0.1, 0.15) is 5.75 Å². The highest BCUT2D eigenvalue weighted by Crippen LogP contribution is 2.27. The van der Waals surface area contributed by atoms with Gasteiger partial charge >= 0.3 is 5.97 Å². The summed E-state index contributed by atoms with van der Waals surface area (Å²) in [6, 6.07) is 7.19. The summed E-state index contributed by atoms with van der Waals surface area (Å²) in [6.07, 6.45) is 0. The number of nitrogens with zero attached hydrogens (tertiary/aromatic N) is 1. The first-order valence-corrected chi connectivity index (χ1v) is 5.06. The molecule has 0 amide bonds.